The van der Waals surface area contributed by atoms with E-state index < -0.39 is 0 Å². The molecule has 0 aliphatic heterocycles. The van der Waals surface area contributed by atoms with Crippen molar-refractivity contribution in [1.82, 2.24) is 9.97 Å². The zero-order chi connectivity index (χ0) is 13.7. The van der Waals surface area contributed by atoms with Gasteiger partial charge in [0.25, 0.3) is 0 Å². The van der Waals surface area contributed by atoms with Crippen molar-refractivity contribution < 1.29 is 4.39 Å². The molecule has 0 radical (unpaired) electrons. The number of halogens is 2. The fourth-order valence-corrected chi connectivity index (χ4v) is 1.89. The molecular formula is C13H14BrFN4. The second kappa shape index (κ2) is 6.58. The van der Waals surface area contributed by atoms with Crippen LogP contribution in [0.15, 0.2) is 41.1 Å². The molecule has 0 fully saturated rings. The number of hydrogen-bond donors (Lipinski definition) is 1. The number of rotatable bonds is 5. The highest BCUT2D eigenvalue weighted by atomic mass is 79.9. The molecule has 0 unspecified atom stereocenters. The lowest BCUT2D eigenvalue weighted by molar-refractivity contribution is 0.627. The maximum absolute atomic E-state index is 13.3. The number of benzene rings is 1. The van der Waals surface area contributed by atoms with Crippen LogP contribution < -0.4 is 10.6 Å². The predicted octanol–water partition coefficient (Wildman–Crippen LogP) is 2.87. The van der Waals surface area contributed by atoms with Crippen molar-refractivity contribution in [2.45, 2.75) is 6.42 Å². The van der Waals surface area contributed by atoms with Crippen LogP contribution in [0.4, 0.5) is 16.0 Å². The second-order valence-electron chi connectivity index (χ2n) is 3.98. The fraction of sp³-hybridized carbons (Fsp3) is 0.231. The van der Waals surface area contributed by atoms with Gasteiger partial charge in [0, 0.05) is 24.6 Å². The largest absolute Gasteiger partial charge is 0.330 e. The molecule has 0 atom stereocenters. The van der Waals surface area contributed by atoms with Gasteiger partial charge in [-0.1, -0.05) is 6.07 Å². The molecule has 100 valence electrons. The van der Waals surface area contributed by atoms with Crippen LogP contribution in [0.1, 0.15) is 6.42 Å². The standard InChI is InChI=1S/C13H14BrFN4/c14-10-8-17-13(18-9-10)19(6-2-5-16)12-4-1-3-11(15)7-12/h1,3-4,7-9H,2,5-6,16H2. The number of anilines is 2. The molecule has 1 aromatic heterocycles. The Hall–Kier alpha value is -1.53. The molecule has 2 aromatic rings. The van der Waals surface area contributed by atoms with Crippen LogP contribution in [-0.4, -0.2) is 23.1 Å². The van der Waals surface area contributed by atoms with Gasteiger partial charge < -0.3 is 10.6 Å². The topological polar surface area (TPSA) is 55.0 Å². The summed E-state index contributed by atoms with van der Waals surface area (Å²) in [6, 6.07) is 6.36. The average molecular weight is 325 g/mol. The second-order valence-corrected chi connectivity index (χ2v) is 4.89. The third-order valence-electron chi connectivity index (χ3n) is 2.55. The van der Waals surface area contributed by atoms with Gasteiger partial charge in [-0.2, -0.15) is 0 Å². The minimum absolute atomic E-state index is 0.285. The van der Waals surface area contributed by atoms with E-state index in [-0.39, 0.29) is 5.82 Å². The zero-order valence-corrected chi connectivity index (χ0v) is 11.8. The highest BCUT2D eigenvalue weighted by Crippen LogP contribution is 2.23. The van der Waals surface area contributed by atoms with Crippen LogP contribution in [-0.2, 0) is 0 Å². The number of aromatic nitrogens is 2. The van der Waals surface area contributed by atoms with Crippen molar-refractivity contribution in [2.24, 2.45) is 5.73 Å². The molecule has 2 rings (SSSR count). The van der Waals surface area contributed by atoms with Crippen LogP contribution in [0.3, 0.4) is 0 Å². The lowest BCUT2D eigenvalue weighted by Gasteiger charge is -2.22. The number of hydrogen-bond acceptors (Lipinski definition) is 4. The molecule has 0 saturated heterocycles. The first-order valence-electron chi connectivity index (χ1n) is 5.91. The molecule has 0 spiro atoms. The third-order valence-corrected chi connectivity index (χ3v) is 2.96. The van der Waals surface area contributed by atoms with Crippen molar-refractivity contribution in [3.05, 3.63) is 46.9 Å². The Morgan fingerprint density at radius 2 is 2.00 bits per heavy atom. The van der Waals surface area contributed by atoms with Gasteiger partial charge in [0.15, 0.2) is 0 Å². The van der Waals surface area contributed by atoms with Crippen LogP contribution in [0.2, 0.25) is 0 Å². The Kier molecular flexibility index (Phi) is 4.81. The minimum atomic E-state index is -0.285. The van der Waals surface area contributed by atoms with E-state index >= 15 is 0 Å². The van der Waals surface area contributed by atoms with E-state index in [9.17, 15) is 4.39 Å². The Balaban J connectivity index is 2.32. The van der Waals surface area contributed by atoms with Crippen LogP contribution in [0.25, 0.3) is 0 Å². The molecule has 0 bridgehead atoms. The number of nitrogens with zero attached hydrogens (tertiary/aromatic N) is 3. The third kappa shape index (κ3) is 3.71. The molecule has 1 aromatic carbocycles. The summed E-state index contributed by atoms with van der Waals surface area (Å²) in [6.07, 6.45) is 4.10. The van der Waals surface area contributed by atoms with E-state index in [1.54, 1.807) is 18.5 Å². The summed E-state index contributed by atoms with van der Waals surface area (Å²) in [7, 11) is 0. The molecule has 0 aliphatic carbocycles. The van der Waals surface area contributed by atoms with Gasteiger partial charge in [0.2, 0.25) is 5.95 Å². The van der Waals surface area contributed by atoms with E-state index in [1.807, 2.05) is 11.0 Å². The molecular weight excluding hydrogens is 311 g/mol. The summed E-state index contributed by atoms with van der Waals surface area (Å²) >= 11 is 3.29. The highest BCUT2D eigenvalue weighted by Gasteiger charge is 2.12. The Labute approximate surface area is 119 Å². The van der Waals surface area contributed by atoms with Crippen molar-refractivity contribution in [3.63, 3.8) is 0 Å². The van der Waals surface area contributed by atoms with E-state index in [2.05, 4.69) is 25.9 Å². The zero-order valence-electron chi connectivity index (χ0n) is 10.3. The maximum Gasteiger partial charge on any atom is 0.229 e. The SMILES string of the molecule is NCCCN(c1cccc(F)c1)c1ncc(Br)cn1. The molecule has 6 heteroatoms. The van der Waals surface area contributed by atoms with Crippen LogP contribution in [0, 0.1) is 5.82 Å². The molecule has 0 amide bonds. The first kappa shape index (κ1) is 13.9. The summed E-state index contributed by atoms with van der Waals surface area (Å²) in [5, 5.41) is 0. The first-order valence-corrected chi connectivity index (χ1v) is 6.70. The molecule has 0 saturated carbocycles. The Bertz CT molecular complexity index is 532. The predicted molar refractivity (Wildman–Crippen MR) is 76.8 cm³/mol. The average Bonchev–Trinajstić information content (AvgIpc) is 2.41. The van der Waals surface area contributed by atoms with Crippen molar-refractivity contribution in [1.29, 1.82) is 0 Å². The lowest BCUT2D eigenvalue weighted by Crippen LogP contribution is -2.23. The van der Waals surface area contributed by atoms with E-state index in [1.165, 1.54) is 12.1 Å². The molecule has 1 heterocycles. The van der Waals surface area contributed by atoms with E-state index in [4.69, 9.17) is 5.73 Å². The summed E-state index contributed by atoms with van der Waals surface area (Å²) in [5.41, 5.74) is 6.26. The summed E-state index contributed by atoms with van der Waals surface area (Å²) < 4.78 is 14.1. The van der Waals surface area contributed by atoms with Gasteiger partial charge >= 0.3 is 0 Å². The summed E-state index contributed by atoms with van der Waals surface area (Å²) in [5.74, 6) is 0.245. The van der Waals surface area contributed by atoms with Gasteiger partial charge in [-0.3, -0.25) is 0 Å². The Morgan fingerprint density at radius 1 is 1.26 bits per heavy atom. The molecule has 4 nitrogen and oxygen atoms in total. The monoisotopic (exact) mass is 324 g/mol. The first-order chi connectivity index (χ1) is 9.20. The van der Waals surface area contributed by atoms with Crippen molar-refractivity contribution in [2.75, 3.05) is 18.0 Å². The molecule has 19 heavy (non-hydrogen) atoms. The molecule has 0 aliphatic rings. The van der Waals surface area contributed by atoms with E-state index in [0.29, 0.717) is 19.0 Å². The molecule has 2 N–H and O–H groups in total. The van der Waals surface area contributed by atoms with Crippen molar-refractivity contribution in [3.8, 4) is 0 Å². The van der Waals surface area contributed by atoms with E-state index in [0.717, 1.165) is 16.6 Å². The maximum atomic E-state index is 13.3. The minimum Gasteiger partial charge on any atom is -0.330 e. The van der Waals surface area contributed by atoms with Crippen molar-refractivity contribution >= 4 is 27.6 Å². The summed E-state index contributed by atoms with van der Waals surface area (Å²) in [4.78, 5) is 10.3. The van der Waals surface area contributed by atoms with Gasteiger partial charge in [-0.25, -0.2) is 14.4 Å². The normalized spacial score (nSPS) is 10.5. The fourth-order valence-electron chi connectivity index (χ4n) is 1.68. The van der Waals surface area contributed by atoms with Gasteiger partial charge in [0.05, 0.1) is 4.47 Å². The van der Waals surface area contributed by atoms with Crippen LogP contribution >= 0.6 is 15.9 Å². The smallest absolute Gasteiger partial charge is 0.229 e. The Morgan fingerprint density at radius 3 is 2.63 bits per heavy atom. The van der Waals surface area contributed by atoms with Crippen LogP contribution in [0.5, 0.6) is 0 Å². The summed E-state index contributed by atoms with van der Waals surface area (Å²) in [6.45, 7) is 1.20. The van der Waals surface area contributed by atoms with Gasteiger partial charge in [-0.15, -0.1) is 0 Å². The van der Waals surface area contributed by atoms with Gasteiger partial charge in [-0.05, 0) is 47.1 Å². The van der Waals surface area contributed by atoms with Gasteiger partial charge in [0.1, 0.15) is 5.82 Å². The highest BCUT2D eigenvalue weighted by molar-refractivity contribution is 9.10. The quantitative estimate of drug-likeness (QED) is 0.918. The lowest BCUT2D eigenvalue weighted by atomic mass is 10.2. The number of nitrogens with two attached hydrogens (primary N) is 1.